The highest BCUT2D eigenvalue weighted by Crippen LogP contribution is 2.33. The number of nitrogens with zero attached hydrogens (tertiary/aromatic N) is 5. The zero-order valence-electron chi connectivity index (χ0n) is 23.3. The molecule has 0 radical (unpaired) electrons. The minimum atomic E-state index is -0.580. The van der Waals surface area contributed by atoms with Crippen LogP contribution in [0.2, 0.25) is 0 Å². The number of ether oxygens (including phenoxy) is 2. The van der Waals surface area contributed by atoms with E-state index in [-0.39, 0.29) is 5.88 Å². The molecule has 1 amide bonds. The number of amides is 1. The van der Waals surface area contributed by atoms with Gasteiger partial charge in [0.25, 0.3) is 0 Å². The van der Waals surface area contributed by atoms with Gasteiger partial charge in [-0.05, 0) is 80.6 Å². The lowest BCUT2D eigenvalue weighted by Crippen LogP contribution is -2.44. The number of hydrogen-bond acceptors (Lipinski definition) is 8. The summed E-state index contributed by atoms with van der Waals surface area (Å²) >= 11 is 0. The second-order valence-electron chi connectivity index (χ2n) is 9.82. The van der Waals surface area contributed by atoms with E-state index in [1.54, 1.807) is 24.3 Å². The SMILES string of the molecule is COc1ccc(N(C(=O)Oc2ccnc(Nc3ccc(N4CCN(C)CC4)cc3)n2)c2c(C)cccc2C)cc1. The number of aryl methyl sites for hydroxylation is 2. The van der Waals surface area contributed by atoms with Gasteiger partial charge in [-0.2, -0.15) is 4.98 Å². The van der Waals surface area contributed by atoms with Crippen LogP contribution >= 0.6 is 0 Å². The topological polar surface area (TPSA) is 83.1 Å². The zero-order valence-corrected chi connectivity index (χ0v) is 23.3. The Kier molecular flexibility index (Phi) is 8.12. The van der Waals surface area contributed by atoms with E-state index in [1.165, 1.54) is 5.69 Å². The van der Waals surface area contributed by atoms with Gasteiger partial charge < -0.3 is 24.6 Å². The third kappa shape index (κ3) is 6.16. The monoisotopic (exact) mass is 538 g/mol. The molecule has 2 heterocycles. The maximum absolute atomic E-state index is 13.6. The summed E-state index contributed by atoms with van der Waals surface area (Å²) in [5, 5.41) is 3.21. The van der Waals surface area contributed by atoms with Crippen LogP contribution in [0.1, 0.15) is 11.1 Å². The summed E-state index contributed by atoms with van der Waals surface area (Å²) in [5.74, 6) is 1.17. The van der Waals surface area contributed by atoms with Gasteiger partial charge in [0.05, 0.1) is 18.5 Å². The van der Waals surface area contributed by atoms with Crippen molar-refractivity contribution in [3.8, 4) is 11.6 Å². The van der Waals surface area contributed by atoms with Crippen LogP contribution in [0.25, 0.3) is 0 Å². The normalized spacial score (nSPS) is 13.6. The van der Waals surface area contributed by atoms with Gasteiger partial charge in [-0.25, -0.2) is 14.7 Å². The lowest BCUT2D eigenvalue weighted by molar-refractivity contribution is 0.208. The van der Waals surface area contributed by atoms with Crippen molar-refractivity contribution in [1.29, 1.82) is 0 Å². The van der Waals surface area contributed by atoms with Crippen LogP contribution in [0.4, 0.5) is 33.5 Å². The summed E-state index contributed by atoms with van der Waals surface area (Å²) in [7, 11) is 3.76. The molecule has 0 spiro atoms. The Bertz CT molecular complexity index is 1430. The second-order valence-corrected chi connectivity index (χ2v) is 9.82. The van der Waals surface area contributed by atoms with Crippen molar-refractivity contribution < 1.29 is 14.3 Å². The fourth-order valence-electron chi connectivity index (χ4n) is 4.76. The molecular weight excluding hydrogens is 504 g/mol. The highest BCUT2D eigenvalue weighted by molar-refractivity contribution is 5.98. The van der Waals surface area contributed by atoms with E-state index in [1.807, 2.05) is 68.4 Å². The maximum Gasteiger partial charge on any atom is 0.425 e. The predicted molar refractivity (Wildman–Crippen MR) is 159 cm³/mol. The van der Waals surface area contributed by atoms with Gasteiger partial charge in [-0.1, -0.05) is 18.2 Å². The molecule has 40 heavy (non-hydrogen) atoms. The van der Waals surface area contributed by atoms with Crippen LogP contribution in [0.3, 0.4) is 0 Å². The van der Waals surface area contributed by atoms with Crippen molar-refractivity contribution in [2.45, 2.75) is 13.8 Å². The van der Waals surface area contributed by atoms with Crippen LogP contribution < -0.4 is 24.6 Å². The molecule has 1 saturated heterocycles. The van der Waals surface area contributed by atoms with Gasteiger partial charge in [-0.3, -0.25) is 0 Å². The van der Waals surface area contributed by atoms with Gasteiger partial charge in [0, 0.05) is 49.8 Å². The van der Waals surface area contributed by atoms with Gasteiger partial charge in [0.2, 0.25) is 11.8 Å². The number of likely N-dealkylation sites (N-methyl/N-ethyl adjacent to an activating group) is 1. The van der Waals surface area contributed by atoms with Crippen LogP contribution in [0, 0.1) is 13.8 Å². The molecule has 1 fully saturated rings. The number of benzene rings is 3. The maximum atomic E-state index is 13.6. The lowest BCUT2D eigenvalue weighted by Gasteiger charge is -2.34. The molecule has 3 aromatic carbocycles. The first kappa shape index (κ1) is 27.0. The number of para-hydroxylation sites is 1. The lowest BCUT2D eigenvalue weighted by atomic mass is 10.1. The van der Waals surface area contributed by atoms with Crippen molar-refractivity contribution in [3.05, 3.63) is 90.1 Å². The Morgan fingerprint density at radius 1 is 0.900 bits per heavy atom. The quantitative estimate of drug-likeness (QED) is 0.310. The van der Waals surface area contributed by atoms with Gasteiger partial charge >= 0.3 is 6.09 Å². The van der Waals surface area contributed by atoms with Gasteiger partial charge in [0.15, 0.2) is 0 Å². The Morgan fingerprint density at radius 3 is 2.23 bits per heavy atom. The molecule has 1 aliphatic heterocycles. The van der Waals surface area contributed by atoms with Gasteiger partial charge in [-0.15, -0.1) is 0 Å². The molecule has 0 saturated carbocycles. The summed E-state index contributed by atoms with van der Waals surface area (Å²) in [6.07, 6.45) is 0.983. The largest absolute Gasteiger partial charge is 0.497 e. The minimum Gasteiger partial charge on any atom is -0.497 e. The van der Waals surface area contributed by atoms with E-state index in [4.69, 9.17) is 9.47 Å². The number of methoxy groups -OCH3 is 1. The van der Waals surface area contributed by atoms with Crippen molar-refractivity contribution >= 4 is 34.8 Å². The number of aromatic nitrogens is 2. The van der Waals surface area contributed by atoms with Crippen molar-refractivity contribution in [2.24, 2.45) is 0 Å². The average Bonchev–Trinajstić information content (AvgIpc) is 2.96. The third-order valence-corrected chi connectivity index (χ3v) is 6.99. The molecule has 4 aromatic rings. The average molecular weight is 539 g/mol. The minimum absolute atomic E-state index is 0.140. The molecule has 0 aliphatic carbocycles. The molecule has 1 aromatic heterocycles. The number of anilines is 5. The van der Waals surface area contributed by atoms with Crippen LogP contribution in [0.5, 0.6) is 11.6 Å². The second kappa shape index (κ2) is 12.0. The Balaban J connectivity index is 1.33. The number of nitrogens with one attached hydrogen (secondary N) is 1. The van der Waals surface area contributed by atoms with Crippen molar-refractivity contribution in [2.75, 3.05) is 55.5 Å². The van der Waals surface area contributed by atoms with E-state index in [2.05, 4.69) is 44.3 Å². The summed E-state index contributed by atoms with van der Waals surface area (Å²) in [5.41, 5.74) is 5.32. The van der Waals surface area contributed by atoms with Crippen LogP contribution in [-0.4, -0.2) is 61.3 Å². The molecule has 9 nitrogen and oxygen atoms in total. The summed E-state index contributed by atoms with van der Waals surface area (Å²) in [4.78, 5) is 28.7. The van der Waals surface area contributed by atoms with E-state index >= 15 is 0 Å². The fourth-order valence-corrected chi connectivity index (χ4v) is 4.76. The molecule has 1 aliphatic rings. The predicted octanol–water partition coefficient (Wildman–Crippen LogP) is 5.93. The molecule has 9 heteroatoms. The first-order chi connectivity index (χ1) is 19.4. The molecule has 0 unspecified atom stereocenters. The van der Waals surface area contributed by atoms with Crippen LogP contribution in [0.15, 0.2) is 79.0 Å². The third-order valence-electron chi connectivity index (χ3n) is 6.99. The first-order valence-corrected chi connectivity index (χ1v) is 13.3. The highest BCUT2D eigenvalue weighted by atomic mass is 16.6. The molecule has 5 rings (SSSR count). The summed E-state index contributed by atoms with van der Waals surface area (Å²) in [6, 6.07) is 22.9. The molecule has 0 atom stereocenters. The summed E-state index contributed by atoms with van der Waals surface area (Å²) in [6.45, 7) is 8.06. The fraction of sp³-hybridized carbons (Fsp3) is 0.258. The highest BCUT2D eigenvalue weighted by Gasteiger charge is 2.24. The summed E-state index contributed by atoms with van der Waals surface area (Å²) < 4.78 is 11.1. The molecule has 1 N–H and O–H groups in total. The number of piperazine rings is 1. The van der Waals surface area contributed by atoms with E-state index in [0.717, 1.165) is 48.7 Å². The van der Waals surface area contributed by atoms with Gasteiger partial charge in [0.1, 0.15) is 5.75 Å². The van der Waals surface area contributed by atoms with Crippen molar-refractivity contribution in [1.82, 2.24) is 14.9 Å². The Morgan fingerprint density at radius 2 is 1.57 bits per heavy atom. The molecule has 206 valence electrons. The van der Waals surface area contributed by atoms with E-state index in [9.17, 15) is 4.79 Å². The number of rotatable bonds is 7. The number of hydrogen-bond donors (Lipinski definition) is 1. The Hall–Kier alpha value is -4.63. The Labute approximate surface area is 235 Å². The zero-order chi connectivity index (χ0) is 28.1. The standard InChI is InChI=1S/C31H34N6O3/c1-22-6-5-7-23(2)29(22)37(26-12-14-27(39-4)15-13-26)31(38)40-28-16-17-32-30(34-28)33-24-8-10-25(11-9-24)36-20-18-35(3)19-21-36/h5-17H,18-21H2,1-4H3,(H,32,33,34). The van der Waals surface area contributed by atoms with E-state index < -0.39 is 6.09 Å². The number of carbonyl (C=O) groups is 1. The molecule has 0 bridgehead atoms. The smallest absolute Gasteiger partial charge is 0.425 e. The number of carbonyl (C=O) groups excluding carboxylic acids is 1. The van der Waals surface area contributed by atoms with Crippen LogP contribution in [-0.2, 0) is 0 Å². The van der Waals surface area contributed by atoms with Crippen molar-refractivity contribution in [3.63, 3.8) is 0 Å². The molecular formula is C31H34N6O3. The van der Waals surface area contributed by atoms with E-state index in [0.29, 0.717) is 17.4 Å². The first-order valence-electron chi connectivity index (χ1n) is 13.3.